The van der Waals surface area contributed by atoms with Crippen LogP contribution in [0.4, 0.5) is 4.39 Å². The van der Waals surface area contributed by atoms with Crippen LogP contribution in [-0.2, 0) is 4.79 Å². The minimum atomic E-state index is -0.209. The van der Waals surface area contributed by atoms with E-state index >= 15 is 0 Å². The second-order valence-electron chi connectivity index (χ2n) is 9.04. The van der Waals surface area contributed by atoms with E-state index in [0.29, 0.717) is 23.9 Å². The molecular formula is C31H50FOP. The molecule has 0 bridgehead atoms. The van der Waals surface area contributed by atoms with Gasteiger partial charge in [0.25, 0.3) is 0 Å². The zero-order chi connectivity index (χ0) is 25.8. The average molecular weight is 489 g/mol. The number of benzene rings is 1. The van der Waals surface area contributed by atoms with Gasteiger partial charge in [-0.1, -0.05) is 90.3 Å². The summed E-state index contributed by atoms with van der Waals surface area (Å²) in [5.41, 5.74) is 2.57. The molecule has 192 valence electrons. The molecule has 0 aromatic heterocycles. The molecule has 0 amide bonds. The van der Waals surface area contributed by atoms with Crippen LogP contribution in [-0.4, -0.2) is 5.78 Å². The summed E-state index contributed by atoms with van der Waals surface area (Å²) in [7, 11) is 2.41. The standard InChI is InChI=1S/C16H28.C15H22FOP/c1-5-9-10-14-16(13-8-4)15(11-6-2)12-7-3;1-3-5-11(9-13(17)6-4-2)12-7-8-14(16)15(18)10-12/h8-10,13-15H,5-7,11-12H2,1-4H3;7-8,10-11H,3-6,9,18H2,1-2H3/b10-9+,13-8-,16-14+;. The van der Waals surface area contributed by atoms with Gasteiger partial charge in [0.2, 0.25) is 0 Å². The van der Waals surface area contributed by atoms with E-state index in [1.807, 2.05) is 19.1 Å². The number of hydrogen-bond acceptors (Lipinski definition) is 1. The molecule has 34 heavy (non-hydrogen) atoms. The highest BCUT2D eigenvalue weighted by molar-refractivity contribution is 7.27. The molecular weight excluding hydrogens is 438 g/mol. The molecule has 1 aromatic rings. The molecule has 0 radical (unpaired) electrons. The SMILES string of the molecule is CCCC(=O)CC(CCC)c1ccc(F)c(P)c1.C\C=C/C(=C\C=C\CC)C(CCC)CCC. The maximum atomic E-state index is 13.2. The van der Waals surface area contributed by atoms with Gasteiger partial charge in [-0.3, -0.25) is 4.79 Å². The van der Waals surface area contributed by atoms with Crippen LogP contribution in [0, 0.1) is 11.7 Å². The second-order valence-corrected chi connectivity index (χ2v) is 9.66. The predicted molar refractivity (Wildman–Crippen MR) is 154 cm³/mol. The molecule has 0 spiro atoms. The maximum absolute atomic E-state index is 13.2. The van der Waals surface area contributed by atoms with Gasteiger partial charge in [-0.05, 0) is 74.1 Å². The molecule has 0 aliphatic heterocycles. The summed E-state index contributed by atoms with van der Waals surface area (Å²) in [5, 5.41) is 0.580. The molecule has 3 heteroatoms. The van der Waals surface area contributed by atoms with Crippen LogP contribution in [0.2, 0.25) is 0 Å². The van der Waals surface area contributed by atoms with Crippen molar-refractivity contribution in [2.24, 2.45) is 5.92 Å². The first-order valence-corrected chi connectivity index (χ1v) is 14.0. The molecule has 0 saturated carbocycles. The van der Waals surface area contributed by atoms with Gasteiger partial charge in [-0.25, -0.2) is 4.39 Å². The summed E-state index contributed by atoms with van der Waals surface area (Å²) >= 11 is 0. The van der Waals surface area contributed by atoms with E-state index in [1.165, 1.54) is 37.3 Å². The van der Waals surface area contributed by atoms with Crippen molar-refractivity contribution in [2.45, 2.75) is 112 Å². The van der Waals surface area contributed by atoms with Gasteiger partial charge in [-0.2, -0.15) is 0 Å². The Bertz CT molecular complexity index is 757. The Morgan fingerprint density at radius 3 is 2.15 bits per heavy atom. The van der Waals surface area contributed by atoms with Gasteiger partial charge in [-0.15, -0.1) is 9.24 Å². The fraction of sp³-hybridized carbons (Fsp3) is 0.581. The fourth-order valence-electron chi connectivity index (χ4n) is 4.22. The Balaban J connectivity index is 0.000000646. The number of ketones is 1. The third-order valence-electron chi connectivity index (χ3n) is 5.90. The quantitative estimate of drug-likeness (QED) is 0.177. The number of hydrogen-bond donors (Lipinski definition) is 0. The molecule has 2 unspecified atom stereocenters. The molecule has 1 rings (SSSR count). The lowest BCUT2D eigenvalue weighted by molar-refractivity contribution is -0.119. The normalized spacial score (nSPS) is 12.9. The zero-order valence-electron chi connectivity index (χ0n) is 22.7. The van der Waals surface area contributed by atoms with Gasteiger partial charge < -0.3 is 0 Å². The third kappa shape index (κ3) is 14.0. The Hall–Kier alpha value is -1.53. The van der Waals surface area contributed by atoms with Gasteiger partial charge in [0.15, 0.2) is 0 Å². The number of halogens is 1. The number of rotatable bonds is 15. The number of allylic oxidation sites excluding steroid dienone is 6. The van der Waals surface area contributed by atoms with E-state index in [2.05, 4.69) is 74.2 Å². The predicted octanol–water partition coefficient (Wildman–Crippen LogP) is 9.64. The van der Waals surface area contributed by atoms with Crippen molar-refractivity contribution in [2.75, 3.05) is 0 Å². The summed E-state index contributed by atoms with van der Waals surface area (Å²) in [6, 6.07) is 5.15. The Labute approximate surface area is 212 Å². The third-order valence-corrected chi connectivity index (χ3v) is 6.34. The second kappa shape index (κ2) is 20.8. The summed E-state index contributed by atoms with van der Waals surface area (Å²) < 4.78 is 13.2. The smallest absolute Gasteiger partial charge is 0.133 e. The average Bonchev–Trinajstić information content (AvgIpc) is 2.81. The maximum Gasteiger partial charge on any atom is 0.133 e. The van der Waals surface area contributed by atoms with Crippen LogP contribution in [0.5, 0.6) is 0 Å². The molecule has 0 aliphatic carbocycles. The number of carbonyl (C=O) groups is 1. The first-order valence-electron chi connectivity index (χ1n) is 13.4. The van der Waals surface area contributed by atoms with E-state index in [9.17, 15) is 9.18 Å². The van der Waals surface area contributed by atoms with Crippen molar-refractivity contribution in [3.63, 3.8) is 0 Å². The van der Waals surface area contributed by atoms with Gasteiger partial charge in [0.1, 0.15) is 11.6 Å². The van der Waals surface area contributed by atoms with Crippen LogP contribution in [0.3, 0.4) is 0 Å². The lowest BCUT2D eigenvalue weighted by Crippen LogP contribution is -2.09. The first-order chi connectivity index (χ1) is 16.4. The van der Waals surface area contributed by atoms with Crippen molar-refractivity contribution in [1.82, 2.24) is 0 Å². The van der Waals surface area contributed by atoms with Crippen molar-refractivity contribution >= 4 is 20.3 Å². The molecule has 0 heterocycles. The van der Waals surface area contributed by atoms with Crippen LogP contribution in [0.1, 0.15) is 117 Å². The first kappa shape index (κ1) is 32.5. The van der Waals surface area contributed by atoms with Crippen LogP contribution < -0.4 is 5.30 Å². The topological polar surface area (TPSA) is 17.1 Å². The fourth-order valence-corrected chi connectivity index (χ4v) is 4.51. The summed E-state index contributed by atoms with van der Waals surface area (Å²) in [6.45, 7) is 13.0. The Kier molecular flexibility index (Phi) is 19.9. The minimum Gasteiger partial charge on any atom is -0.300 e. The van der Waals surface area contributed by atoms with E-state index in [4.69, 9.17) is 0 Å². The highest BCUT2D eigenvalue weighted by Gasteiger charge is 2.16. The van der Waals surface area contributed by atoms with Crippen molar-refractivity contribution in [3.8, 4) is 0 Å². The molecule has 0 aliphatic rings. The summed E-state index contributed by atoms with van der Waals surface area (Å²) in [5.74, 6) is 1.08. The van der Waals surface area contributed by atoms with Crippen molar-refractivity contribution in [3.05, 3.63) is 65.5 Å². The van der Waals surface area contributed by atoms with E-state index in [-0.39, 0.29) is 11.7 Å². The van der Waals surface area contributed by atoms with E-state index in [0.717, 1.165) is 37.2 Å². The van der Waals surface area contributed by atoms with Gasteiger partial charge in [0, 0.05) is 18.1 Å². The van der Waals surface area contributed by atoms with Crippen molar-refractivity contribution in [1.29, 1.82) is 0 Å². The van der Waals surface area contributed by atoms with Crippen LogP contribution >= 0.6 is 9.24 Å². The number of Topliss-reactive ketones (excluding diaryl/α,β-unsaturated/α-hetero) is 1. The molecule has 0 fully saturated rings. The lowest BCUT2D eigenvalue weighted by Gasteiger charge is -2.16. The van der Waals surface area contributed by atoms with E-state index in [1.54, 1.807) is 0 Å². The molecule has 2 atom stereocenters. The molecule has 1 aromatic carbocycles. The highest BCUT2D eigenvalue weighted by atomic mass is 31.0. The minimum absolute atomic E-state index is 0.209. The summed E-state index contributed by atoms with van der Waals surface area (Å²) in [6.07, 6.45) is 21.6. The lowest BCUT2D eigenvalue weighted by atomic mass is 9.89. The number of carbonyl (C=O) groups excluding carboxylic acids is 1. The molecule has 0 N–H and O–H groups in total. The highest BCUT2D eigenvalue weighted by Crippen LogP contribution is 2.26. The van der Waals surface area contributed by atoms with Crippen molar-refractivity contribution < 1.29 is 9.18 Å². The van der Waals surface area contributed by atoms with Gasteiger partial charge in [0.05, 0.1) is 0 Å². The summed E-state index contributed by atoms with van der Waals surface area (Å²) in [4.78, 5) is 11.8. The monoisotopic (exact) mass is 488 g/mol. The van der Waals surface area contributed by atoms with E-state index < -0.39 is 0 Å². The Morgan fingerprint density at radius 1 is 1.00 bits per heavy atom. The molecule has 1 nitrogen and oxygen atoms in total. The van der Waals surface area contributed by atoms with Gasteiger partial charge >= 0.3 is 0 Å². The molecule has 0 saturated heterocycles. The zero-order valence-corrected chi connectivity index (χ0v) is 23.9. The van der Waals surface area contributed by atoms with Crippen LogP contribution in [0.25, 0.3) is 0 Å². The largest absolute Gasteiger partial charge is 0.300 e. The Morgan fingerprint density at radius 2 is 1.65 bits per heavy atom. The van der Waals surface area contributed by atoms with Crippen LogP contribution in [0.15, 0.2) is 54.2 Å².